The quantitative estimate of drug-likeness (QED) is 0.486. The maximum Gasteiger partial charge on any atom is 0.257 e. The van der Waals surface area contributed by atoms with Gasteiger partial charge in [0.1, 0.15) is 12.4 Å². The van der Waals surface area contributed by atoms with Crippen LogP contribution in [0.1, 0.15) is 17.3 Å². The number of amides is 2. The average Bonchev–Trinajstić information content (AvgIpc) is 2.87. The van der Waals surface area contributed by atoms with E-state index >= 15 is 0 Å². The summed E-state index contributed by atoms with van der Waals surface area (Å²) in [5.41, 5.74) is 1.35. The lowest BCUT2D eigenvalue weighted by Gasteiger charge is -2.36. The number of carbonyl (C=O) groups excluding carboxylic acids is 2. The summed E-state index contributed by atoms with van der Waals surface area (Å²) in [4.78, 5) is 30.7. The third-order valence-corrected chi connectivity index (χ3v) is 6.46. The molecule has 1 saturated heterocycles. The number of anilines is 1. The molecule has 4 rings (SSSR count). The first-order valence-corrected chi connectivity index (χ1v) is 12.0. The van der Waals surface area contributed by atoms with Gasteiger partial charge in [-0.2, -0.15) is 0 Å². The van der Waals surface area contributed by atoms with Crippen LogP contribution < -0.4 is 4.90 Å². The minimum Gasteiger partial charge on any atom is -0.352 e. The van der Waals surface area contributed by atoms with E-state index in [2.05, 4.69) is 10.2 Å². The maximum absolute atomic E-state index is 14.0. The lowest BCUT2D eigenvalue weighted by atomic mass is 10.1. The molecule has 0 atom stereocenters. The molecule has 2 amide bonds. The molecular formula is C25H24Cl2FN5O2. The van der Waals surface area contributed by atoms with Crippen LogP contribution in [0.5, 0.6) is 0 Å². The van der Waals surface area contributed by atoms with Crippen molar-refractivity contribution in [3.05, 3.63) is 76.0 Å². The van der Waals surface area contributed by atoms with Gasteiger partial charge in [0.05, 0.1) is 16.3 Å². The van der Waals surface area contributed by atoms with E-state index in [-0.39, 0.29) is 18.0 Å². The Morgan fingerprint density at radius 2 is 1.74 bits per heavy atom. The van der Waals surface area contributed by atoms with Crippen molar-refractivity contribution in [2.75, 3.05) is 44.2 Å². The van der Waals surface area contributed by atoms with Gasteiger partial charge in [-0.25, -0.2) is 4.39 Å². The van der Waals surface area contributed by atoms with E-state index in [1.807, 2.05) is 17.0 Å². The normalized spacial score (nSPS) is 13.6. The smallest absolute Gasteiger partial charge is 0.257 e. The van der Waals surface area contributed by atoms with E-state index in [0.717, 1.165) is 5.56 Å². The zero-order valence-electron chi connectivity index (χ0n) is 19.1. The largest absolute Gasteiger partial charge is 0.352 e. The molecule has 0 radical (unpaired) electrons. The lowest BCUT2D eigenvalue weighted by molar-refractivity contribution is -0.132. The van der Waals surface area contributed by atoms with Crippen molar-refractivity contribution in [3.8, 4) is 11.3 Å². The summed E-state index contributed by atoms with van der Waals surface area (Å²) in [5, 5.41) is 9.68. The lowest BCUT2D eigenvalue weighted by Crippen LogP contribution is -2.52. The zero-order chi connectivity index (χ0) is 24.9. The Morgan fingerprint density at radius 1 is 1.00 bits per heavy atom. The van der Waals surface area contributed by atoms with Crippen LogP contribution in [0, 0.1) is 5.82 Å². The topological polar surface area (TPSA) is 69.6 Å². The van der Waals surface area contributed by atoms with E-state index in [4.69, 9.17) is 23.2 Å². The van der Waals surface area contributed by atoms with Crippen LogP contribution in [-0.2, 0) is 4.79 Å². The van der Waals surface area contributed by atoms with Gasteiger partial charge in [0, 0.05) is 43.3 Å². The molecule has 0 saturated carbocycles. The molecule has 1 aliphatic heterocycles. The van der Waals surface area contributed by atoms with E-state index < -0.39 is 11.7 Å². The molecule has 2 heterocycles. The molecular weight excluding hydrogens is 492 g/mol. The number of piperazine rings is 1. The van der Waals surface area contributed by atoms with Crippen LogP contribution in [0.2, 0.25) is 10.0 Å². The fourth-order valence-corrected chi connectivity index (χ4v) is 4.42. The Kier molecular flexibility index (Phi) is 7.83. The minimum absolute atomic E-state index is 0.0334. The van der Waals surface area contributed by atoms with Crippen LogP contribution >= 0.6 is 23.2 Å². The Bertz CT molecular complexity index is 1220. The zero-order valence-corrected chi connectivity index (χ0v) is 20.6. The van der Waals surface area contributed by atoms with Gasteiger partial charge in [-0.3, -0.25) is 9.59 Å². The van der Waals surface area contributed by atoms with Crippen LogP contribution in [0.3, 0.4) is 0 Å². The van der Waals surface area contributed by atoms with Crippen molar-refractivity contribution in [2.45, 2.75) is 6.92 Å². The second kappa shape index (κ2) is 11.0. The fraction of sp³-hybridized carbons (Fsp3) is 0.280. The highest BCUT2D eigenvalue weighted by Gasteiger charge is 2.26. The van der Waals surface area contributed by atoms with Crippen molar-refractivity contribution in [3.63, 3.8) is 0 Å². The van der Waals surface area contributed by atoms with Gasteiger partial charge in [0.2, 0.25) is 5.91 Å². The summed E-state index contributed by atoms with van der Waals surface area (Å²) < 4.78 is 14.0. The predicted octanol–water partition coefficient (Wildman–Crippen LogP) is 4.40. The Hall–Kier alpha value is -3.23. The summed E-state index contributed by atoms with van der Waals surface area (Å²) >= 11 is 12.2. The second-order valence-electron chi connectivity index (χ2n) is 8.07. The van der Waals surface area contributed by atoms with Crippen molar-refractivity contribution in [2.24, 2.45) is 0 Å². The first-order valence-electron chi connectivity index (χ1n) is 11.2. The summed E-state index contributed by atoms with van der Waals surface area (Å²) in [6, 6.07) is 14.7. The van der Waals surface area contributed by atoms with E-state index in [0.29, 0.717) is 54.3 Å². The third kappa shape index (κ3) is 5.71. The van der Waals surface area contributed by atoms with E-state index in [9.17, 15) is 14.0 Å². The van der Waals surface area contributed by atoms with Crippen LogP contribution in [0.25, 0.3) is 11.3 Å². The van der Waals surface area contributed by atoms with Gasteiger partial charge in [-0.1, -0.05) is 35.3 Å². The first kappa shape index (κ1) is 24.9. The van der Waals surface area contributed by atoms with Crippen molar-refractivity contribution in [1.82, 2.24) is 20.0 Å². The van der Waals surface area contributed by atoms with Crippen LogP contribution in [0.4, 0.5) is 10.2 Å². The molecule has 2 aromatic carbocycles. The van der Waals surface area contributed by atoms with Gasteiger partial charge >= 0.3 is 0 Å². The number of benzene rings is 2. The van der Waals surface area contributed by atoms with E-state index in [1.165, 1.54) is 23.1 Å². The monoisotopic (exact) mass is 515 g/mol. The van der Waals surface area contributed by atoms with Crippen molar-refractivity contribution in [1.29, 1.82) is 0 Å². The average molecular weight is 516 g/mol. The molecule has 35 heavy (non-hydrogen) atoms. The third-order valence-electron chi connectivity index (χ3n) is 5.91. The maximum atomic E-state index is 14.0. The Morgan fingerprint density at radius 3 is 2.37 bits per heavy atom. The molecule has 0 aliphatic carbocycles. The number of halogens is 3. The second-order valence-corrected chi connectivity index (χ2v) is 8.91. The van der Waals surface area contributed by atoms with Crippen LogP contribution in [0.15, 0.2) is 54.6 Å². The standard InChI is InChI=1S/C25H24Cl2FN5O2/c1-2-31(25(35)19-5-3-4-6-21(19)28)16-24(34)33-13-11-32(12-14-33)23-10-9-22(29-30-23)18-8-7-17(26)15-20(18)27/h3-10,15H,2,11-14,16H2,1H3. The molecule has 182 valence electrons. The van der Waals surface area contributed by atoms with Crippen molar-refractivity contribution >= 4 is 40.8 Å². The molecule has 0 bridgehead atoms. The number of likely N-dealkylation sites (N-methyl/N-ethyl adjacent to an activating group) is 1. The Balaban J connectivity index is 1.34. The minimum atomic E-state index is -0.595. The molecule has 1 aromatic heterocycles. The summed E-state index contributed by atoms with van der Waals surface area (Å²) in [6.07, 6.45) is 0. The number of aromatic nitrogens is 2. The molecule has 7 nitrogen and oxygen atoms in total. The number of hydrogen-bond acceptors (Lipinski definition) is 5. The first-order chi connectivity index (χ1) is 16.9. The Labute approximate surface area is 213 Å². The number of rotatable bonds is 6. The van der Waals surface area contributed by atoms with Crippen molar-refractivity contribution < 1.29 is 14.0 Å². The fourth-order valence-electron chi connectivity index (χ4n) is 3.92. The summed E-state index contributed by atoms with van der Waals surface area (Å²) in [6.45, 7) is 4.10. The van der Waals surface area contributed by atoms with Gasteiger partial charge in [-0.15, -0.1) is 10.2 Å². The highest BCUT2D eigenvalue weighted by molar-refractivity contribution is 6.36. The van der Waals surface area contributed by atoms with Gasteiger partial charge in [0.15, 0.2) is 5.82 Å². The highest BCUT2D eigenvalue weighted by Crippen LogP contribution is 2.29. The number of hydrogen-bond donors (Lipinski definition) is 0. The predicted molar refractivity (Wildman–Crippen MR) is 134 cm³/mol. The molecule has 1 aliphatic rings. The van der Waals surface area contributed by atoms with E-state index in [1.54, 1.807) is 36.1 Å². The van der Waals surface area contributed by atoms with Gasteiger partial charge in [0.25, 0.3) is 5.91 Å². The molecule has 1 fully saturated rings. The molecule has 0 N–H and O–H groups in total. The highest BCUT2D eigenvalue weighted by atomic mass is 35.5. The molecule has 0 spiro atoms. The summed E-state index contributed by atoms with van der Waals surface area (Å²) in [7, 11) is 0. The SMILES string of the molecule is CCN(CC(=O)N1CCN(c2ccc(-c3ccc(Cl)cc3Cl)nn2)CC1)C(=O)c1ccccc1F. The number of nitrogens with zero attached hydrogens (tertiary/aromatic N) is 5. The van der Waals surface area contributed by atoms with Crippen LogP contribution in [-0.4, -0.2) is 71.1 Å². The number of carbonyl (C=O) groups is 2. The van der Waals surface area contributed by atoms with Gasteiger partial charge in [-0.05, 0) is 49.4 Å². The molecule has 10 heteroatoms. The summed E-state index contributed by atoms with van der Waals surface area (Å²) in [5.74, 6) is -0.554. The van der Waals surface area contributed by atoms with Gasteiger partial charge < -0.3 is 14.7 Å². The molecule has 0 unspecified atom stereocenters. The molecule has 3 aromatic rings.